The highest BCUT2D eigenvalue weighted by molar-refractivity contribution is 5.91. The molecule has 0 spiro atoms. The van der Waals surface area contributed by atoms with Crippen molar-refractivity contribution in [3.63, 3.8) is 0 Å². The number of amides is 2. The Hall–Kier alpha value is -4.01. The lowest BCUT2D eigenvalue weighted by Crippen LogP contribution is -2.27. The molecule has 0 atom stereocenters. The first-order valence-corrected chi connectivity index (χ1v) is 8.86. The molecule has 30 heavy (non-hydrogen) atoms. The van der Waals surface area contributed by atoms with Crippen LogP contribution >= 0.6 is 0 Å². The summed E-state index contributed by atoms with van der Waals surface area (Å²) in [7, 11) is 5.80. The molecule has 2 aromatic carbocycles. The van der Waals surface area contributed by atoms with Crippen LogP contribution in [0.15, 0.2) is 51.7 Å². The van der Waals surface area contributed by atoms with Crippen molar-refractivity contribution in [3.05, 3.63) is 52.7 Å². The normalized spacial score (nSPS) is 10.5. The molecule has 0 aliphatic carbocycles. The SMILES string of the molecule is CN(C)C(=O)Oc1cc2oc(-c3ccccc3)cc(=O)c2c(O)c1OC(=O)N(C)C. The molecular formula is C21H20N2O7. The van der Waals surface area contributed by atoms with Crippen LogP contribution in [0.5, 0.6) is 17.2 Å². The third-order valence-corrected chi connectivity index (χ3v) is 4.09. The van der Waals surface area contributed by atoms with Crippen molar-refractivity contribution in [1.82, 2.24) is 9.80 Å². The first kappa shape index (κ1) is 20.7. The maximum absolute atomic E-state index is 12.7. The Morgan fingerprint density at radius 3 is 2.13 bits per heavy atom. The number of fused-ring (bicyclic) bond motifs is 1. The molecule has 1 aromatic heterocycles. The standard InChI is InChI=1S/C21H20N2O7/c1-22(2)20(26)29-16-11-15-17(18(25)19(16)30-21(27)23(3)4)13(24)10-14(28-15)12-8-6-5-7-9-12/h5-11,25H,1-4H3. The molecule has 9 nitrogen and oxygen atoms in total. The smallest absolute Gasteiger partial charge is 0.414 e. The van der Waals surface area contributed by atoms with Crippen LogP contribution in [0.3, 0.4) is 0 Å². The van der Waals surface area contributed by atoms with Gasteiger partial charge in [0.2, 0.25) is 5.75 Å². The molecule has 0 fully saturated rings. The van der Waals surface area contributed by atoms with Gasteiger partial charge in [-0.25, -0.2) is 9.59 Å². The minimum Gasteiger partial charge on any atom is -0.504 e. The quantitative estimate of drug-likeness (QED) is 0.703. The third kappa shape index (κ3) is 4.04. The number of carbonyl (C=O) groups excluding carboxylic acids is 2. The third-order valence-electron chi connectivity index (χ3n) is 4.09. The average molecular weight is 412 g/mol. The zero-order chi connectivity index (χ0) is 22.0. The Balaban J connectivity index is 2.24. The molecule has 2 amide bonds. The van der Waals surface area contributed by atoms with Crippen molar-refractivity contribution in [2.45, 2.75) is 0 Å². The summed E-state index contributed by atoms with van der Waals surface area (Å²) in [4.78, 5) is 39.1. The second-order valence-corrected chi connectivity index (χ2v) is 6.79. The maximum Gasteiger partial charge on any atom is 0.414 e. The molecular weight excluding hydrogens is 392 g/mol. The van der Waals surface area contributed by atoms with Gasteiger partial charge in [0.1, 0.15) is 16.7 Å². The predicted molar refractivity (Wildman–Crippen MR) is 109 cm³/mol. The maximum atomic E-state index is 12.7. The molecule has 0 unspecified atom stereocenters. The van der Waals surface area contributed by atoms with Crippen LogP contribution in [0.1, 0.15) is 0 Å². The van der Waals surface area contributed by atoms with Gasteiger partial charge in [0, 0.05) is 45.9 Å². The fourth-order valence-corrected chi connectivity index (χ4v) is 2.54. The van der Waals surface area contributed by atoms with Crippen molar-refractivity contribution in [2.75, 3.05) is 28.2 Å². The lowest BCUT2D eigenvalue weighted by atomic mass is 10.1. The van der Waals surface area contributed by atoms with E-state index in [1.807, 2.05) is 6.07 Å². The van der Waals surface area contributed by atoms with Crippen LogP contribution in [0.4, 0.5) is 9.59 Å². The molecule has 3 aromatic rings. The summed E-state index contributed by atoms with van der Waals surface area (Å²) in [6.45, 7) is 0. The van der Waals surface area contributed by atoms with E-state index in [2.05, 4.69) is 0 Å². The minimum absolute atomic E-state index is 0.0370. The topological polar surface area (TPSA) is 110 Å². The van der Waals surface area contributed by atoms with Crippen LogP contribution in [-0.2, 0) is 0 Å². The van der Waals surface area contributed by atoms with Crippen LogP contribution < -0.4 is 14.9 Å². The number of phenolic OH excluding ortho intramolecular Hbond substituents is 1. The Kier molecular flexibility index (Phi) is 5.63. The molecule has 1 N–H and O–H groups in total. The highest BCUT2D eigenvalue weighted by Crippen LogP contribution is 2.43. The van der Waals surface area contributed by atoms with E-state index in [4.69, 9.17) is 13.9 Å². The Bertz CT molecular complexity index is 1170. The number of hydrogen-bond acceptors (Lipinski definition) is 7. The monoisotopic (exact) mass is 412 g/mol. The summed E-state index contributed by atoms with van der Waals surface area (Å²) in [5.41, 5.74) is 0.0521. The van der Waals surface area contributed by atoms with Gasteiger partial charge in [0.25, 0.3) is 0 Å². The lowest BCUT2D eigenvalue weighted by molar-refractivity contribution is 0.159. The molecule has 0 radical (unpaired) electrons. The average Bonchev–Trinajstić information content (AvgIpc) is 2.70. The minimum atomic E-state index is -0.836. The van der Waals surface area contributed by atoms with Gasteiger partial charge in [-0.2, -0.15) is 0 Å². The molecule has 0 aliphatic rings. The van der Waals surface area contributed by atoms with E-state index < -0.39 is 29.1 Å². The van der Waals surface area contributed by atoms with Gasteiger partial charge in [-0.1, -0.05) is 30.3 Å². The number of aromatic hydroxyl groups is 1. The van der Waals surface area contributed by atoms with E-state index in [1.54, 1.807) is 24.3 Å². The molecule has 9 heteroatoms. The second-order valence-electron chi connectivity index (χ2n) is 6.79. The van der Waals surface area contributed by atoms with Crippen LogP contribution in [0.25, 0.3) is 22.3 Å². The van der Waals surface area contributed by atoms with E-state index >= 15 is 0 Å². The predicted octanol–water partition coefficient (Wildman–Crippen LogP) is 3.29. The summed E-state index contributed by atoms with van der Waals surface area (Å²) in [5.74, 6) is -1.15. The number of ether oxygens (including phenoxy) is 2. The van der Waals surface area contributed by atoms with Gasteiger partial charge in [-0.15, -0.1) is 0 Å². The Morgan fingerprint density at radius 1 is 0.933 bits per heavy atom. The van der Waals surface area contributed by atoms with Crippen molar-refractivity contribution < 1.29 is 28.6 Å². The van der Waals surface area contributed by atoms with Crippen molar-refractivity contribution in [1.29, 1.82) is 0 Å². The molecule has 0 saturated carbocycles. The van der Waals surface area contributed by atoms with Crippen molar-refractivity contribution in [3.8, 4) is 28.6 Å². The van der Waals surface area contributed by atoms with E-state index in [9.17, 15) is 19.5 Å². The highest BCUT2D eigenvalue weighted by atomic mass is 16.6. The zero-order valence-electron chi connectivity index (χ0n) is 16.8. The number of phenols is 1. The fourth-order valence-electron chi connectivity index (χ4n) is 2.54. The van der Waals surface area contributed by atoms with Crippen LogP contribution in [-0.4, -0.2) is 55.3 Å². The number of hydrogen-bond donors (Lipinski definition) is 1. The highest BCUT2D eigenvalue weighted by Gasteiger charge is 2.25. The molecule has 1 heterocycles. The lowest BCUT2D eigenvalue weighted by Gasteiger charge is -2.17. The van der Waals surface area contributed by atoms with E-state index in [0.717, 1.165) is 9.80 Å². The molecule has 0 aliphatic heterocycles. The second kappa shape index (κ2) is 8.16. The van der Waals surface area contributed by atoms with E-state index in [-0.39, 0.29) is 22.5 Å². The van der Waals surface area contributed by atoms with Gasteiger partial charge in [-0.05, 0) is 0 Å². The number of nitrogens with zero attached hydrogens (tertiary/aromatic N) is 2. The van der Waals surface area contributed by atoms with Gasteiger partial charge < -0.3 is 28.8 Å². The number of benzene rings is 2. The molecule has 0 saturated heterocycles. The van der Waals surface area contributed by atoms with Gasteiger partial charge in [-0.3, -0.25) is 4.79 Å². The summed E-state index contributed by atoms with van der Waals surface area (Å²) >= 11 is 0. The summed E-state index contributed by atoms with van der Waals surface area (Å²) in [5, 5.41) is 10.5. The Labute approximate surface area is 171 Å². The first-order valence-electron chi connectivity index (χ1n) is 8.86. The molecule has 156 valence electrons. The van der Waals surface area contributed by atoms with Crippen LogP contribution in [0, 0.1) is 0 Å². The largest absolute Gasteiger partial charge is 0.504 e. The molecule has 3 rings (SSSR count). The van der Waals surface area contributed by atoms with Gasteiger partial charge in [0.15, 0.2) is 16.9 Å². The van der Waals surface area contributed by atoms with Crippen molar-refractivity contribution in [2.24, 2.45) is 0 Å². The Morgan fingerprint density at radius 2 is 1.53 bits per heavy atom. The number of carbonyl (C=O) groups is 2. The summed E-state index contributed by atoms with van der Waals surface area (Å²) in [6, 6.07) is 11.3. The fraction of sp³-hybridized carbons (Fsp3) is 0.190. The van der Waals surface area contributed by atoms with E-state index in [0.29, 0.717) is 5.56 Å². The van der Waals surface area contributed by atoms with Crippen LogP contribution in [0.2, 0.25) is 0 Å². The summed E-state index contributed by atoms with van der Waals surface area (Å²) in [6.07, 6.45) is -1.62. The summed E-state index contributed by atoms with van der Waals surface area (Å²) < 4.78 is 16.2. The van der Waals surface area contributed by atoms with Gasteiger partial charge >= 0.3 is 12.2 Å². The molecule has 0 bridgehead atoms. The van der Waals surface area contributed by atoms with E-state index in [1.165, 1.54) is 40.3 Å². The zero-order valence-corrected chi connectivity index (χ0v) is 16.8. The first-order chi connectivity index (χ1) is 14.2. The van der Waals surface area contributed by atoms with Crippen molar-refractivity contribution >= 4 is 23.2 Å². The number of rotatable bonds is 3. The van der Waals surface area contributed by atoms with Gasteiger partial charge in [0.05, 0.1) is 0 Å².